The molecule has 1 fully saturated rings. The van der Waals surface area contributed by atoms with E-state index in [1.54, 1.807) is 5.32 Å². The molecule has 1 saturated heterocycles. The maximum absolute atomic E-state index is 12.4. The number of nitrogens with one attached hydrogen (secondary N) is 3. The highest BCUT2D eigenvalue weighted by atomic mass is 16.2. The number of hydrogen-bond acceptors (Lipinski definition) is 5. The summed E-state index contributed by atoms with van der Waals surface area (Å²) in [5.41, 5.74) is 3.53. The Morgan fingerprint density at radius 3 is 2.52 bits per heavy atom. The highest BCUT2D eigenvalue weighted by Crippen LogP contribution is 2.26. The highest BCUT2D eigenvalue weighted by Gasteiger charge is 2.24. The number of rotatable bonds is 8. The summed E-state index contributed by atoms with van der Waals surface area (Å²) >= 11 is 0. The molecular formula is C22H34N4O3. The lowest BCUT2D eigenvalue weighted by Gasteiger charge is -2.27. The van der Waals surface area contributed by atoms with Crippen LogP contribution in [0.15, 0.2) is 18.2 Å². The summed E-state index contributed by atoms with van der Waals surface area (Å²) < 4.78 is 0. The molecule has 1 atom stereocenters. The molecule has 0 saturated carbocycles. The minimum atomic E-state index is 0.0653. The number of benzene rings is 1. The van der Waals surface area contributed by atoms with Gasteiger partial charge in [0.05, 0.1) is 0 Å². The van der Waals surface area contributed by atoms with Crippen molar-refractivity contribution in [1.29, 1.82) is 0 Å². The number of carbonyl (C=O) groups is 3. The van der Waals surface area contributed by atoms with Gasteiger partial charge < -0.3 is 16.0 Å². The Balaban J connectivity index is 0.000000537. The number of hydrogen-bond donors (Lipinski definition) is 3. The maximum Gasteiger partial charge on any atom is 0.251 e. The predicted octanol–water partition coefficient (Wildman–Crippen LogP) is 1.81. The van der Waals surface area contributed by atoms with E-state index in [9.17, 15) is 4.79 Å². The molecule has 2 aliphatic rings. The van der Waals surface area contributed by atoms with Crippen LogP contribution in [0.4, 0.5) is 0 Å². The first-order chi connectivity index (χ1) is 14.1. The van der Waals surface area contributed by atoms with E-state index in [0.29, 0.717) is 12.8 Å². The standard InChI is InChI=1S/C20H31N3O.C2H3NO2/c1-3-4-15(2)22-20(24)17-5-6-18-13-23(14-19(18)11-17)12-16-7-9-21-10-8-16;4-1-3-2-5/h5-6,11,15-16,21H,3-4,7-10,12-14H2,1-2H3,(H,22,24);1-2H,(H,3,4,5). The normalized spacial score (nSPS) is 17.4. The van der Waals surface area contributed by atoms with Crippen LogP contribution in [0.1, 0.15) is 61.0 Å². The molecule has 0 aliphatic carbocycles. The number of piperidine rings is 1. The molecule has 0 bridgehead atoms. The molecule has 3 amide bonds. The van der Waals surface area contributed by atoms with E-state index < -0.39 is 0 Å². The fourth-order valence-corrected chi connectivity index (χ4v) is 4.00. The highest BCUT2D eigenvalue weighted by molar-refractivity contribution is 5.94. The summed E-state index contributed by atoms with van der Waals surface area (Å²) in [6.45, 7) is 9.76. The van der Waals surface area contributed by atoms with Gasteiger partial charge in [-0.15, -0.1) is 0 Å². The summed E-state index contributed by atoms with van der Waals surface area (Å²) in [7, 11) is 0. The van der Waals surface area contributed by atoms with Gasteiger partial charge in [0.15, 0.2) is 0 Å². The van der Waals surface area contributed by atoms with E-state index in [2.05, 4.69) is 41.5 Å². The Hall–Kier alpha value is -2.25. The van der Waals surface area contributed by atoms with Gasteiger partial charge in [-0.3, -0.25) is 19.3 Å². The number of imide groups is 1. The van der Waals surface area contributed by atoms with Crippen LogP contribution in [0.25, 0.3) is 0 Å². The van der Waals surface area contributed by atoms with Gasteiger partial charge >= 0.3 is 0 Å². The van der Waals surface area contributed by atoms with Gasteiger partial charge in [-0.1, -0.05) is 19.4 Å². The van der Waals surface area contributed by atoms with Crippen molar-refractivity contribution >= 4 is 18.7 Å². The van der Waals surface area contributed by atoms with Gasteiger partial charge in [0.1, 0.15) is 0 Å². The number of carbonyl (C=O) groups excluding carboxylic acids is 3. The SMILES string of the molecule is CCCC(C)NC(=O)c1ccc2c(c1)CN(CC1CCNCC1)C2.O=CNC=O. The molecule has 0 radical (unpaired) electrons. The predicted molar refractivity (Wildman–Crippen MR) is 113 cm³/mol. The van der Waals surface area contributed by atoms with Crippen LogP contribution in [0.3, 0.4) is 0 Å². The van der Waals surface area contributed by atoms with Gasteiger partial charge in [0.25, 0.3) is 5.91 Å². The summed E-state index contributed by atoms with van der Waals surface area (Å²) in [6, 6.07) is 6.48. The quantitative estimate of drug-likeness (QED) is 0.577. The van der Waals surface area contributed by atoms with Crippen LogP contribution in [-0.4, -0.2) is 49.3 Å². The van der Waals surface area contributed by atoms with Crippen LogP contribution in [0, 0.1) is 5.92 Å². The molecule has 1 aromatic carbocycles. The lowest BCUT2D eigenvalue weighted by molar-refractivity contribution is -0.117. The Labute approximate surface area is 173 Å². The van der Waals surface area contributed by atoms with Crippen molar-refractivity contribution in [2.45, 2.75) is 58.7 Å². The average Bonchev–Trinajstić information content (AvgIpc) is 3.11. The molecule has 1 aromatic rings. The van der Waals surface area contributed by atoms with Gasteiger partial charge in [-0.25, -0.2) is 0 Å². The second-order valence-corrected chi connectivity index (χ2v) is 7.91. The van der Waals surface area contributed by atoms with Crippen LogP contribution in [0.2, 0.25) is 0 Å². The Bertz CT molecular complexity index is 668. The van der Waals surface area contributed by atoms with Crippen molar-refractivity contribution < 1.29 is 14.4 Å². The van der Waals surface area contributed by atoms with Gasteiger partial charge in [0, 0.05) is 31.2 Å². The van der Waals surface area contributed by atoms with Crippen LogP contribution in [-0.2, 0) is 22.7 Å². The zero-order valence-corrected chi connectivity index (χ0v) is 17.6. The minimum absolute atomic E-state index is 0.0653. The van der Waals surface area contributed by atoms with Crippen LogP contribution < -0.4 is 16.0 Å². The Morgan fingerprint density at radius 2 is 1.90 bits per heavy atom. The molecular weight excluding hydrogens is 368 g/mol. The monoisotopic (exact) mass is 402 g/mol. The number of nitrogens with zero attached hydrogens (tertiary/aromatic N) is 1. The molecule has 3 N–H and O–H groups in total. The fourth-order valence-electron chi connectivity index (χ4n) is 4.00. The van der Waals surface area contributed by atoms with Crippen molar-refractivity contribution in [3.8, 4) is 0 Å². The number of amides is 3. The summed E-state index contributed by atoms with van der Waals surface area (Å²) in [4.78, 5) is 33.1. The molecule has 160 valence electrons. The van der Waals surface area contributed by atoms with E-state index in [1.165, 1.54) is 30.5 Å². The van der Waals surface area contributed by atoms with Crippen LogP contribution in [0.5, 0.6) is 0 Å². The lowest BCUT2D eigenvalue weighted by atomic mass is 9.98. The van der Waals surface area contributed by atoms with E-state index in [0.717, 1.165) is 50.5 Å². The Morgan fingerprint density at radius 1 is 1.21 bits per heavy atom. The summed E-state index contributed by atoms with van der Waals surface area (Å²) in [6.07, 6.45) is 5.32. The largest absolute Gasteiger partial charge is 0.350 e. The molecule has 0 aromatic heterocycles. The fraction of sp³-hybridized carbons (Fsp3) is 0.591. The third kappa shape index (κ3) is 7.59. The van der Waals surface area contributed by atoms with E-state index in [1.807, 2.05) is 6.07 Å². The third-order valence-corrected chi connectivity index (χ3v) is 5.47. The zero-order chi connectivity index (χ0) is 21.1. The molecule has 3 rings (SSSR count). The molecule has 7 nitrogen and oxygen atoms in total. The second-order valence-electron chi connectivity index (χ2n) is 7.91. The van der Waals surface area contributed by atoms with Gasteiger partial charge in [-0.05, 0) is 68.5 Å². The first kappa shape index (κ1) is 23.0. The maximum atomic E-state index is 12.4. The number of fused-ring (bicyclic) bond motifs is 1. The molecule has 29 heavy (non-hydrogen) atoms. The van der Waals surface area contributed by atoms with Gasteiger partial charge in [-0.2, -0.15) is 0 Å². The lowest BCUT2D eigenvalue weighted by Crippen LogP contribution is -2.34. The van der Waals surface area contributed by atoms with Crippen molar-refractivity contribution in [2.75, 3.05) is 19.6 Å². The average molecular weight is 403 g/mol. The molecule has 2 aliphatic heterocycles. The van der Waals surface area contributed by atoms with E-state index in [-0.39, 0.29) is 11.9 Å². The molecule has 7 heteroatoms. The molecule has 1 unspecified atom stereocenters. The summed E-state index contributed by atoms with van der Waals surface area (Å²) in [5.74, 6) is 0.883. The van der Waals surface area contributed by atoms with Crippen LogP contribution >= 0.6 is 0 Å². The van der Waals surface area contributed by atoms with E-state index >= 15 is 0 Å². The van der Waals surface area contributed by atoms with Crippen molar-refractivity contribution in [3.63, 3.8) is 0 Å². The zero-order valence-electron chi connectivity index (χ0n) is 17.6. The topological polar surface area (TPSA) is 90.5 Å². The summed E-state index contributed by atoms with van der Waals surface area (Å²) in [5, 5.41) is 8.29. The van der Waals surface area contributed by atoms with Crippen molar-refractivity contribution in [2.24, 2.45) is 5.92 Å². The van der Waals surface area contributed by atoms with Gasteiger partial charge in [0.2, 0.25) is 12.8 Å². The van der Waals surface area contributed by atoms with Crippen molar-refractivity contribution in [1.82, 2.24) is 20.9 Å². The van der Waals surface area contributed by atoms with E-state index in [4.69, 9.17) is 9.59 Å². The molecule has 2 heterocycles. The third-order valence-electron chi connectivity index (χ3n) is 5.47. The smallest absolute Gasteiger partial charge is 0.251 e. The first-order valence-electron chi connectivity index (χ1n) is 10.6. The first-order valence-corrected chi connectivity index (χ1v) is 10.6. The molecule has 0 spiro atoms. The van der Waals surface area contributed by atoms with Crippen molar-refractivity contribution in [3.05, 3.63) is 34.9 Å². The Kier molecular flexibility index (Phi) is 9.80. The second kappa shape index (κ2) is 12.3. The minimum Gasteiger partial charge on any atom is -0.350 e.